The van der Waals surface area contributed by atoms with E-state index in [9.17, 15) is 0 Å². The molecule has 1 heterocycles. The molecule has 0 aliphatic rings. The van der Waals surface area contributed by atoms with Gasteiger partial charge in [-0.15, -0.1) is 5.10 Å². The standard InChI is InChI=1S/C13H19N5O2/c1-4-20-12-6-5-10(7-11(12)14)13-15-16-17-18(13)8-9(2)19-3/h5-7,9H,4,8,14H2,1-3H3. The fourth-order valence-electron chi connectivity index (χ4n) is 1.83. The molecular weight excluding hydrogens is 258 g/mol. The highest BCUT2D eigenvalue weighted by Crippen LogP contribution is 2.27. The van der Waals surface area contributed by atoms with E-state index in [1.807, 2.05) is 32.0 Å². The summed E-state index contributed by atoms with van der Waals surface area (Å²) in [5.74, 6) is 1.32. The smallest absolute Gasteiger partial charge is 0.182 e. The number of nitrogens with two attached hydrogens (primary N) is 1. The Balaban J connectivity index is 2.28. The Hall–Kier alpha value is -2.15. The predicted octanol–water partition coefficient (Wildman–Crippen LogP) is 1.36. The van der Waals surface area contributed by atoms with E-state index in [4.69, 9.17) is 15.2 Å². The van der Waals surface area contributed by atoms with Gasteiger partial charge in [0.15, 0.2) is 5.82 Å². The number of rotatable bonds is 6. The summed E-state index contributed by atoms with van der Waals surface area (Å²) >= 11 is 0. The monoisotopic (exact) mass is 277 g/mol. The summed E-state index contributed by atoms with van der Waals surface area (Å²) in [7, 11) is 1.66. The van der Waals surface area contributed by atoms with Crippen LogP contribution < -0.4 is 10.5 Å². The van der Waals surface area contributed by atoms with Gasteiger partial charge in [0.05, 0.1) is 24.9 Å². The number of anilines is 1. The Kier molecular flexibility index (Phi) is 4.52. The minimum absolute atomic E-state index is 0.0253. The molecule has 0 aliphatic carbocycles. The number of nitrogens with zero attached hydrogens (tertiary/aromatic N) is 4. The molecule has 0 radical (unpaired) electrons. The number of hydrogen-bond donors (Lipinski definition) is 1. The van der Waals surface area contributed by atoms with Gasteiger partial charge in [-0.05, 0) is 42.5 Å². The first-order valence-corrected chi connectivity index (χ1v) is 6.47. The molecule has 108 valence electrons. The van der Waals surface area contributed by atoms with Crippen molar-refractivity contribution in [3.05, 3.63) is 18.2 Å². The van der Waals surface area contributed by atoms with Crippen molar-refractivity contribution >= 4 is 5.69 Å². The zero-order chi connectivity index (χ0) is 14.5. The van der Waals surface area contributed by atoms with Gasteiger partial charge in [0, 0.05) is 12.7 Å². The number of hydrogen-bond acceptors (Lipinski definition) is 6. The fourth-order valence-corrected chi connectivity index (χ4v) is 1.83. The SMILES string of the molecule is CCOc1ccc(-c2nnnn2CC(C)OC)cc1N. The molecule has 2 aromatic rings. The van der Waals surface area contributed by atoms with Gasteiger partial charge in [0.1, 0.15) is 5.75 Å². The van der Waals surface area contributed by atoms with Crippen molar-refractivity contribution in [2.45, 2.75) is 26.5 Å². The number of nitrogen functional groups attached to an aromatic ring is 1. The van der Waals surface area contributed by atoms with Gasteiger partial charge >= 0.3 is 0 Å². The minimum atomic E-state index is 0.0253. The molecule has 0 saturated carbocycles. The third-order valence-corrected chi connectivity index (χ3v) is 2.93. The Labute approximate surface area is 117 Å². The van der Waals surface area contributed by atoms with Crippen molar-refractivity contribution in [1.29, 1.82) is 0 Å². The summed E-state index contributed by atoms with van der Waals surface area (Å²) in [4.78, 5) is 0. The summed E-state index contributed by atoms with van der Waals surface area (Å²) in [6.07, 6.45) is 0.0253. The van der Waals surface area contributed by atoms with Gasteiger partial charge in [-0.2, -0.15) is 0 Å². The summed E-state index contributed by atoms with van der Waals surface area (Å²) in [5, 5.41) is 11.7. The number of methoxy groups -OCH3 is 1. The van der Waals surface area contributed by atoms with Crippen molar-refractivity contribution < 1.29 is 9.47 Å². The molecule has 0 amide bonds. The molecule has 1 unspecified atom stereocenters. The molecule has 2 N–H and O–H groups in total. The second-order valence-corrected chi connectivity index (χ2v) is 4.42. The van der Waals surface area contributed by atoms with E-state index >= 15 is 0 Å². The van der Waals surface area contributed by atoms with E-state index in [0.717, 1.165) is 5.56 Å². The predicted molar refractivity (Wildman–Crippen MR) is 75.3 cm³/mol. The average molecular weight is 277 g/mol. The van der Waals surface area contributed by atoms with E-state index in [1.54, 1.807) is 11.8 Å². The number of ether oxygens (including phenoxy) is 2. The van der Waals surface area contributed by atoms with E-state index in [0.29, 0.717) is 30.4 Å². The Bertz CT molecular complexity index is 570. The van der Waals surface area contributed by atoms with Gasteiger partial charge < -0.3 is 15.2 Å². The highest BCUT2D eigenvalue weighted by atomic mass is 16.5. The molecule has 0 aliphatic heterocycles. The maximum Gasteiger partial charge on any atom is 0.182 e. The van der Waals surface area contributed by atoms with Crippen LogP contribution in [0.5, 0.6) is 5.75 Å². The van der Waals surface area contributed by atoms with Crippen molar-refractivity contribution in [3.8, 4) is 17.1 Å². The average Bonchev–Trinajstić information content (AvgIpc) is 2.89. The zero-order valence-electron chi connectivity index (χ0n) is 11.9. The van der Waals surface area contributed by atoms with E-state index in [1.165, 1.54) is 0 Å². The maximum atomic E-state index is 5.96. The summed E-state index contributed by atoms with van der Waals surface area (Å²) in [6.45, 7) is 5.02. The molecule has 1 atom stereocenters. The van der Waals surface area contributed by atoms with Crippen LogP contribution in [0.2, 0.25) is 0 Å². The fraction of sp³-hybridized carbons (Fsp3) is 0.462. The molecule has 2 rings (SSSR count). The molecule has 7 nitrogen and oxygen atoms in total. The van der Waals surface area contributed by atoms with Crippen molar-refractivity contribution in [1.82, 2.24) is 20.2 Å². The quantitative estimate of drug-likeness (QED) is 0.802. The van der Waals surface area contributed by atoms with E-state index in [-0.39, 0.29) is 6.10 Å². The van der Waals surface area contributed by atoms with Crippen LogP contribution in [0.15, 0.2) is 18.2 Å². The Morgan fingerprint density at radius 1 is 1.40 bits per heavy atom. The Morgan fingerprint density at radius 3 is 2.85 bits per heavy atom. The first-order chi connectivity index (χ1) is 9.65. The molecule has 0 spiro atoms. The zero-order valence-corrected chi connectivity index (χ0v) is 11.9. The van der Waals surface area contributed by atoms with Gasteiger partial charge in [-0.1, -0.05) is 0 Å². The van der Waals surface area contributed by atoms with Crippen molar-refractivity contribution in [2.75, 3.05) is 19.5 Å². The summed E-state index contributed by atoms with van der Waals surface area (Å²) in [6, 6.07) is 5.53. The third kappa shape index (κ3) is 3.05. The molecule has 1 aromatic heterocycles. The second-order valence-electron chi connectivity index (χ2n) is 4.42. The molecule has 1 aromatic carbocycles. The first kappa shape index (κ1) is 14.3. The van der Waals surface area contributed by atoms with Gasteiger partial charge in [0.2, 0.25) is 0 Å². The largest absolute Gasteiger partial charge is 0.492 e. The first-order valence-electron chi connectivity index (χ1n) is 6.47. The second kappa shape index (κ2) is 6.33. The molecule has 0 saturated heterocycles. The van der Waals surface area contributed by atoms with Crippen molar-refractivity contribution in [3.63, 3.8) is 0 Å². The number of benzene rings is 1. The number of tetrazole rings is 1. The van der Waals surface area contributed by atoms with Crippen molar-refractivity contribution in [2.24, 2.45) is 0 Å². The highest BCUT2D eigenvalue weighted by Gasteiger charge is 2.13. The van der Waals surface area contributed by atoms with Crippen LogP contribution in [0.4, 0.5) is 5.69 Å². The van der Waals surface area contributed by atoms with Crippen LogP contribution in [0.1, 0.15) is 13.8 Å². The summed E-state index contributed by atoms with van der Waals surface area (Å²) in [5.41, 5.74) is 7.38. The van der Waals surface area contributed by atoms with Gasteiger partial charge in [0.25, 0.3) is 0 Å². The maximum absolute atomic E-state index is 5.96. The van der Waals surface area contributed by atoms with Crippen LogP contribution in [0.3, 0.4) is 0 Å². The van der Waals surface area contributed by atoms with Gasteiger partial charge in [-0.25, -0.2) is 4.68 Å². The molecule has 7 heteroatoms. The van der Waals surface area contributed by atoms with Crippen LogP contribution in [-0.4, -0.2) is 40.0 Å². The van der Waals surface area contributed by atoms with E-state index < -0.39 is 0 Å². The van der Waals surface area contributed by atoms with Crippen LogP contribution in [-0.2, 0) is 11.3 Å². The lowest BCUT2D eigenvalue weighted by atomic mass is 10.1. The Morgan fingerprint density at radius 2 is 2.20 bits per heavy atom. The minimum Gasteiger partial charge on any atom is -0.492 e. The molecule has 0 fully saturated rings. The highest BCUT2D eigenvalue weighted by molar-refractivity contribution is 5.66. The molecule has 20 heavy (non-hydrogen) atoms. The lowest BCUT2D eigenvalue weighted by molar-refractivity contribution is 0.0997. The normalized spacial score (nSPS) is 12.3. The molecular formula is C13H19N5O2. The van der Waals surface area contributed by atoms with Crippen LogP contribution >= 0.6 is 0 Å². The lowest BCUT2D eigenvalue weighted by Gasteiger charge is -2.11. The lowest BCUT2D eigenvalue weighted by Crippen LogP contribution is -2.16. The van der Waals surface area contributed by atoms with E-state index in [2.05, 4.69) is 15.5 Å². The number of aromatic nitrogens is 4. The van der Waals surface area contributed by atoms with Crippen LogP contribution in [0.25, 0.3) is 11.4 Å². The summed E-state index contributed by atoms with van der Waals surface area (Å²) < 4.78 is 12.3. The van der Waals surface area contributed by atoms with Crippen LogP contribution in [0, 0.1) is 0 Å². The topological polar surface area (TPSA) is 88.1 Å². The third-order valence-electron chi connectivity index (χ3n) is 2.93. The molecule has 0 bridgehead atoms. The van der Waals surface area contributed by atoms with Gasteiger partial charge in [-0.3, -0.25) is 0 Å².